The molecule has 3 heterocycles. The summed E-state index contributed by atoms with van der Waals surface area (Å²) in [6.45, 7) is 14.4. The predicted octanol–water partition coefficient (Wildman–Crippen LogP) is -0.666. The molecule has 4 aliphatic carbocycles. The summed E-state index contributed by atoms with van der Waals surface area (Å²) < 4.78 is 35.5. The topological polar surface area (TPSA) is 318 Å². The van der Waals surface area contributed by atoms with E-state index in [0.29, 0.717) is 19.3 Å². The first-order valence-electron chi connectivity index (χ1n) is 25.1. The summed E-state index contributed by atoms with van der Waals surface area (Å²) >= 11 is 0. The molecule has 3 saturated carbocycles. The highest BCUT2D eigenvalue weighted by atomic mass is 16.8. The number of aliphatic hydroxyl groups is 13. The van der Waals surface area contributed by atoms with Gasteiger partial charge in [0.15, 0.2) is 18.9 Å². The van der Waals surface area contributed by atoms with Crippen molar-refractivity contribution in [1.29, 1.82) is 0 Å². The molecule has 0 aromatic carbocycles. The molecular weight excluding hydrogens is 893 g/mol. The van der Waals surface area contributed by atoms with Crippen molar-refractivity contribution in [3.63, 3.8) is 0 Å². The average molecular weight is 977 g/mol. The Morgan fingerprint density at radius 3 is 1.87 bits per heavy atom. The molecule has 3 saturated heterocycles. The maximum atomic E-state index is 12.5. The minimum atomic E-state index is -1.90. The quantitative estimate of drug-likeness (QED) is 0.0906. The van der Waals surface area contributed by atoms with Crippen molar-refractivity contribution in [2.45, 2.75) is 229 Å². The standard InChI is InChI=1S/C49H84O19/c1-9-49-17-16-23(47(49,7)18-31(53)48(8)25-12-14-30(52)45(3,4)24(25)11-13-29(48)49)22(2)10-15-32(46(5,6)62)67-44-41(68-43-40(61)37(58)34(55)27(20-51)65-43)38(59)35(56)28(66-44)21-63-42-39(60)36(57)33(54)26(19-50)64-42/h11,22-23,25-44,50-62H,9-10,12-21H2,1-8H3/t22-,23?,25?,26-,27?,28-,29?,30+,31-,32-,33-,34-,35-,36+,37+,38+,39-,40-,41-,42-,43+,44+,47-,48+,49+/m1/s1. The van der Waals surface area contributed by atoms with Crippen LogP contribution in [0.3, 0.4) is 0 Å². The molecule has 0 aromatic heterocycles. The minimum Gasteiger partial charge on any atom is -0.394 e. The van der Waals surface area contributed by atoms with Crippen molar-refractivity contribution >= 4 is 0 Å². The van der Waals surface area contributed by atoms with Crippen LogP contribution in [0.25, 0.3) is 0 Å². The Hall–Kier alpha value is -1.02. The molecule has 0 radical (unpaired) electrons. The van der Waals surface area contributed by atoms with Crippen LogP contribution in [0.1, 0.15) is 113 Å². The van der Waals surface area contributed by atoms with Gasteiger partial charge >= 0.3 is 0 Å². The Balaban J connectivity index is 1.11. The Labute approximate surface area is 400 Å². The molecule has 19 nitrogen and oxygen atoms in total. The summed E-state index contributed by atoms with van der Waals surface area (Å²) in [6.07, 6.45) is -18.1. The third-order valence-electron chi connectivity index (χ3n) is 19.0. The van der Waals surface area contributed by atoms with E-state index in [1.165, 1.54) is 5.57 Å². The maximum absolute atomic E-state index is 12.5. The predicted molar refractivity (Wildman–Crippen MR) is 240 cm³/mol. The van der Waals surface area contributed by atoms with Gasteiger partial charge in [-0.25, -0.2) is 0 Å². The third-order valence-corrected chi connectivity index (χ3v) is 19.0. The number of ether oxygens (including phenoxy) is 6. The van der Waals surface area contributed by atoms with Crippen molar-refractivity contribution in [2.24, 2.45) is 45.3 Å². The number of hydrogen-bond acceptors (Lipinski definition) is 19. The SMILES string of the molecule is CC[C@@]12CCC([C@H](C)CC[C@@H](O[C@@H]3O[C@H](CO[C@@H]4O[C@H](CO)[C@@H](O)[C@H](O)[C@H]4O)[C@@H](O)[C@H](O)[C@H]3O[C@@H]3OC(CO)[C@@H](O)[C@H](O)[C@H]3O)C(C)(C)O)[C@@]1(C)C[C@@H](O)[C@@]1(C)C3CC[C@H](O)C(C)(C)C3=CCC12. The van der Waals surface area contributed by atoms with E-state index in [9.17, 15) is 66.4 Å². The van der Waals surface area contributed by atoms with Crippen LogP contribution in [0.15, 0.2) is 11.6 Å². The summed E-state index contributed by atoms with van der Waals surface area (Å²) in [7, 11) is 0. The van der Waals surface area contributed by atoms with Gasteiger partial charge in [-0.2, -0.15) is 0 Å². The Morgan fingerprint density at radius 2 is 1.28 bits per heavy atom. The highest BCUT2D eigenvalue weighted by molar-refractivity contribution is 5.32. The number of fused-ring (bicyclic) bond motifs is 5. The lowest BCUT2D eigenvalue weighted by atomic mass is 9.37. The fourth-order valence-corrected chi connectivity index (χ4v) is 14.6. The number of rotatable bonds is 15. The first-order chi connectivity index (χ1) is 31.7. The second-order valence-electron chi connectivity index (χ2n) is 23.2. The van der Waals surface area contributed by atoms with Gasteiger partial charge in [-0.3, -0.25) is 0 Å². The van der Waals surface area contributed by atoms with Crippen molar-refractivity contribution in [1.82, 2.24) is 0 Å². The van der Waals surface area contributed by atoms with Gasteiger partial charge < -0.3 is 94.8 Å². The monoisotopic (exact) mass is 977 g/mol. The third kappa shape index (κ3) is 9.21. The molecular formula is C49H84O19. The van der Waals surface area contributed by atoms with Gasteiger partial charge in [0.05, 0.1) is 43.7 Å². The fourth-order valence-electron chi connectivity index (χ4n) is 14.6. The van der Waals surface area contributed by atoms with Crippen molar-refractivity contribution in [3.8, 4) is 0 Å². The number of hydrogen-bond donors (Lipinski definition) is 13. The molecule has 19 heteroatoms. The molecule has 394 valence electrons. The second kappa shape index (κ2) is 20.4. The Morgan fingerprint density at radius 1 is 0.706 bits per heavy atom. The van der Waals surface area contributed by atoms with Gasteiger partial charge in [-0.05, 0) is 106 Å². The first-order valence-corrected chi connectivity index (χ1v) is 25.1. The zero-order chi connectivity index (χ0) is 50.2. The van der Waals surface area contributed by atoms with Crippen LogP contribution in [0.4, 0.5) is 0 Å². The molecule has 6 fully saturated rings. The van der Waals surface area contributed by atoms with Crippen molar-refractivity contribution in [3.05, 3.63) is 11.6 Å². The zero-order valence-electron chi connectivity index (χ0n) is 41.0. The summed E-state index contributed by atoms with van der Waals surface area (Å²) in [5.41, 5.74) is -1.26. The Bertz CT molecular complexity index is 1720. The highest BCUT2D eigenvalue weighted by Crippen LogP contribution is 2.76. The van der Waals surface area contributed by atoms with E-state index in [1.807, 2.05) is 0 Å². The molecule has 0 bridgehead atoms. The number of aliphatic hydroxyl groups excluding tert-OH is 12. The van der Waals surface area contributed by atoms with E-state index in [0.717, 1.165) is 32.1 Å². The maximum Gasteiger partial charge on any atom is 0.187 e. The largest absolute Gasteiger partial charge is 0.394 e. The molecule has 0 spiro atoms. The lowest BCUT2D eigenvalue weighted by Gasteiger charge is -2.68. The molecule has 25 atom stereocenters. The van der Waals surface area contributed by atoms with Crippen LogP contribution in [-0.2, 0) is 28.4 Å². The van der Waals surface area contributed by atoms with E-state index < -0.39 is 136 Å². The van der Waals surface area contributed by atoms with Gasteiger partial charge in [-0.1, -0.05) is 53.2 Å². The molecule has 4 unspecified atom stereocenters. The van der Waals surface area contributed by atoms with Crippen molar-refractivity contribution in [2.75, 3.05) is 19.8 Å². The van der Waals surface area contributed by atoms with Crippen LogP contribution < -0.4 is 0 Å². The van der Waals surface area contributed by atoms with Gasteiger partial charge in [0.25, 0.3) is 0 Å². The van der Waals surface area contributed by atoms with Crippen LogP contribution >= 0.6 is 0 Å². The number of allylic oxidation sites excluding steroid dienone is 1. The smallest absolute Gasteiger partial charge is 0.187 e. The van der Waals surface area contributed by atoms with Gasteiger partial charge in [0.2, 0.25) is 0 Å². The highest BCUT2D eigenvalue weighted by Gasteiger charge is 2.71. The van der Waals surface area contributed by atoms with E-state index in [4.69, 9.17) is 28.4 Å². The summed E-state index contributed by atoms with van der Waals surface area (Å²) in [6, 6.07) is 0. The van der Waals surface area contributed by atoms with E-state index >= 15 is 0 Å². The summed E-state index contributed by atoms with van der Waals surface area (Å²) in [5, 5.41) is 141. The molecule has 0 aromatic rings. The van der Waals surface area contributed by atoms with Crippen molar-refractivity contribution < 1.29 is 94.8 Å². The average Bonchev–Trinajstić information content (AvgIpc) is 3.59. The first kappa shape index (κ1) is 54.7. The van der Waals surface area contributed by atoms with E-state index in [2.05, 4.69) is 47.6 Å². The van der Waals surface area contributed by atoms with Gasteiger partial charge in [0, 0.05) is 10.8 Å². The summed E-state index contributed by atoms with van der Waals surface area (Å²) in [4.78, 5) is 0. The molecule has 68 heavy (non-hydrogen) atoms. The normalized spacial score (nSPS) is 50.4. The lowest BCUT2D eigenvalue weighted by Crippen LogP contribution is -2.65. The van der Waals surface area contributed by atoms with Gasteiger partial charge in [0.1, 0.15) is 73.2 Å². The van der Waals surface area contributed by atoms with E-state index in [1.54, 1.807) is 13.8 Å². The summed E-state index contributed by atoms with van der Waals surface area (Å²) in [5.74, 6) is 0.699. The molecule has 7 aliphatic rings. The molecule has 7 rings (SSSR count). The molecule has 3 aliphatic heterocycles. The minimum absolute atomic E-state index is 0.0527. The zero-order valence-corrected chi connectivity index (χ0v) is 41.0. The van der Waals surface area contributed by atoms with Crippen LogP contribution in [0.2, 0.25) is 0 Å². The van der Waals surface area contributed by atoms with E-state index in [-0.39, 0.29) is 51.8 Å². The lowest BCUT2D eigenvalue weighted by molar-refractivity contribution is -0.380. The van der Waals surface area contributed by atoms with Crippen LogP contribution in [0, 0.1) is 45.3 Å². The fraction of sp³-hybridized carbons (Fsp3) is 0.959. The van der Waals surface area contributed by atoms with Crippen LogP contribution in [0.5, 0.6) is 0 Å². The molecule has 13 N–H and O–H groups in total. The van der Waals surface area contributed by atoms with Crippen LogP contribution in [-0.4, -0.2) is 202 Å². The van der Waals surface area contributed by atoms with Gasteiger partial charge in [-0.15, -0.1) is 0 Å². The Kier molecular flexibility index (Phi) is 16.4. The molecule has 0 amide bonds. The second-order valence-corrected chi connectivity index (χ2v) is 23.2.